The number of nitrogens with two attached hydrogens (primary N) is 1. The van der Waals surface area contributed by atoms with Crippen LogP contribution in [0.1, 0.15) is 213 Å². The lowest BCUT2D eigenvalue weighted by Crippen LogP contribution is -2.29. The number of unbranched alkanes of at least 4 members (excludes halogenated alkanes) is 22. The molecule has 0 amide bonds. The van der Waals surface area contributed by atoms with Crippen LogP contribution in [0.4, 0.5) is 0 Å². The molecule has 0 aromatic heterocycles. The predicted octanol–water partition coefficient (Wildman–Crippen LogP) is 14.4. The summed E-state index contributed by atoms with van der Waals surface area (Å²) in [5, 5.41) is 0. The van der Waals surface area contributed by atoms with Gasteiger partial charge in [0.1, 0.15) is 6.61 Å². The number of hydrogen-bond acceptors (Lipinski definition) is 8. The Morgan fingerprint density at radius 3 is 1.37 bits per heavy atom. The van der Waals surface area contributed by atoms with Crippen molar-refractivity contribution in [2.24, 2.45) is 5.73 Å². The van der Waals surface area contributed by atoms with Gasteiger partial charge in [-0.05, 0) is 57.8 Å². The Kier molecular flexibility index (Phi) is 44.5. The molecule has 0 aromatic carbocycles. The summed E-state index contributed by atoms with van der Waals surface area (Å²) < 4.78 is 32.9. The first kappa shape index (κ1) is 57.7. The van der Waals surface area contributed by atoms with Crippen molar-refractivity contribution in [3.63, 3.8) is 0 Å². The van der Waals surface area contributed by atoms with Crippen LogP contribution in [0.2, 0.25) is 0 Å². The molecular weight excluding hydrogens is 774 g/mol. The van der Waals surface area contributed by atoms with E-state index in [1.165, 1.54) is 103 Å². The fourth-order valence-electron chi connectivity index (χ4n) is 6.60. The molecule has 0 bridgehead atoms. The van der Waals surface area contributed by atoms with E-state index in [9.17, 15) is 19.0 Å². The van der Waals surface area contributed by atoms with E-state index >= 15 is 0 Å². The van der Waals surface area contributed by atoms with Crippen molar-refractivity contribution in [1.29, 1.82) is 0 Å². The summed E-state index contributed by atoms with van der Waals surface area (Å²) in [6.45, 7) is 3.63. The Morgan fingerprint density at radius 2 is 0.917 bits per heavy atom. The minimum absolute atomic E-state index is 0.0512. The van der Waals surface area contributed by atoms with Gasteiger partial charge in [0.15, 0.2) is 6.10 Å². The minimum atomic E-state index is -4.38. The lowest BCUT2D eigenvalue weighted by atomic mass is 10.0. The number of carbonyl (C=O) groups excluding carboxylic acids is 2. The molecule has 3 N–H and O–H groups in total. The fourth-order valence-corrected chi connectivity index (χ4v) is 7.37. The van der Waals surface area contributed by atoms with Crippen LogP contribution in [-0.2, 0) is 32.7 Å². The Morgan fingerprint density at radius 1 is 0.517 bits per heavy atom. The normalized spacial score (nSPS) is 13.7. The average Bonchev–Trinajstić information content (AvgIpc) is 3.24. The molecular formula is C50H90NO8P. The van der Waals surface area contributed by atoms with Gasteiger partial charge in [-0.1, -0.05) is 203 Å². The molecule has 0 heterocycles. The van der Waals surface area contributed by atoms with Crippen molar-refractivity contribution in [3.8, 4) is 0 Å². The van der Waals surface area contributed by atoms with Crippen molar-refractivity contribution in [1.82, 2.24) is 0 Å². The highest BCUT2D eigenvalue weighted by Crippen LogP contribution is 2.43. The van der Waals surface area contributed by atoms with Crippen LogP contribution in [0, 0.1) is 0 Å². The molecule has 9 nitrogen and oxygen atoms in total. The van der Waals surface area contributed by atoms with E-state index in [2.05, 4.69) is 74.6 Å². The van der Waals surface area contributed by atoms with Gasteiger partial charge in [0.05, 0.1) is 13.2 Å². The smallest absolute Gasteiger partial charge is 0.462 e. The van der Waals surface area contributed by atoms with Crippen LogP contribution < -0.4 is 5.73 Å². The maximum atomic E-state index is 12.6. The van der Waals surface area contributed by atoms with Gasteiger partial charge in [-0.2, -0.15) is 0 Å². The lowest BCUT2D eigenvalue weighted by Gasteiger charge is -2.19. The number of esters is 2. The van der Waals surface area contributed by atoms with Crippen molar-refractivity contribution >= 4 is 19.8 Å². The summed E-state index contributed by atoms with van der Waals surface area (Å²) in [6, 6.07) is 0. The molecule has 0 aliphatic rings. The van der Waals surface area contributed by atoms with E-state index in [1.54, 1.807) is 0 Å². The van der Waals surface area contributed by atoms with E-state index in [0.717, 1.165) is 77.0 Å². The maximum Gasteiger partial charge on any atom is 0.472 e. The third-order valence-corrected chi connectivity index (χ3v) is 11.2. The zero-order chi connectivity index (χ0) is 43.9. The van der Waals surface area contributed by atoms with Crippen LogP contribution >= 0.6 is 7.82 Å². The molecule has 0 fully saturated rings. The number of ether oxygens (including phenoxy) is 2. The van der Waals surface area contributed by atoms with E-state index in [4.69, 9.17) is 24.3 Å². The Hall–Kier alpha value is -2.29. The molecule has 10 heteroatoms. The highest BCUT2D eigenvalue weighted by Gasteiger charge is 2.26. The van der Waals surface area contributed by atoms with Crippen molar-refractivity contribution in [2.45, 2.75) is 219 Å². The van der Waals surface area contributed by atoms with Crippen molar-refractivity contribution < 1.29 is 37.6 Å². The summed E-state index contributed by atoms with van der Waals surface area (Å²) >= 11 is 0. The first-order chi connectivity index (χ1) is 29.3. The molecule has 0 spiro atoms. The summed E-state index contributed by atoms with van der Waals surface area (Å²) in [6.07, 6.45) is 55.4. The number of allylic oxidation sites excluding steroid dienone is 10. The number of rotatable bonds is 45. The van der Waals surface area contributed by atoms with Gasteiger partial charge in [0.2, 0.25) is 0 Å². The first-order valence-electron chi connectivity index (χ1n) is 24.3. The lowest BCUT2D eigenvalue weighted by molar-refractivity contribution is -0.161. The molecule has 348 valence electrons. The van der Waals surface area contributed by atoms with Gasteiger partial charge >= 0.3 is 19.8 Å². The number of carbonyl (C=O) groups is 2. The van der Waals surface area contributed by atoms with Crippen molar-refractivity contribution in [3.05, 3.63) is 60.8 Å². The van der Waals surface area contributed by atoms with Crippen LogP contribution in [0.5, 0.6) is 0 Å². The number of phosphoric acid groups is 1. The Labute approximate surface area is 368 Å². The SMILES string of the molecule is CC/C=C\C/C=C\C/C=C\C/C=C\C/C=C\CCCCCCCCCCCC(=O)OC(COC(=O)CCCCCCCCCCCCCCCC)COP(=O)(O)OCCN. The summed E-state index contributed by atoms with van der Waals surface area (Å²) in [5.74, 6) is -0.832. The monoisotopic (exact) mass is 864 g/mol. The van der Waals surface area contributed by atoms with Gasteiger partial charge in [-0.15, -0.1) is 0 Å². The van der Waals surface area contributed by atoms with E-state index in [-0.39, 0.29) is 38.6 Å². The molecule has 0 saturated carbocycles. The zero-order valence-corrected chi connectivity index (χ0v) is 39.3. The third kappa shape index (κ3) is 45.2. The molecule has 0 saturated heterocycles. The molecule has 0 aliphatic carbocycles. The largest absolute Gasteiger partial charge is 0.472 e. The van der Waals surface area contributed by atoms with Crippen LogP contribution in [0.15, 0.2) is 60.8 Å². The average molecular weight is 864 g/mol. The second-order valence-electron chi connectivity index (χ2n) is 16.0. The molecule has 0 rings (SSSR count). The van der Waals surface area contributed by atoms with Crippen molar-refractivity contribution in [2.75, 3.05) is 26.4 Å². The Balaban J connectivity index is 4.07. The Bertz CT molecular complexity index is 1170. The molecule has 60 heavy (non-hydrogen) atoms. The molecule has 0 aromatic rings. The van der Waals surface area contributed by atoms with E-state index in [1.807, 2.05) is 0 Å². The highest BCUT2D eigenvalue weighted by atomic mass is 31.2. The van der Waals surface area contributed by atoms with Gasteiger partial charge in [-0.25, -0.2) is 4.57 Å². The van der Waals surface area contributed by atoms with Crippen LogP contribution in [0.3, 0.4) is 0 Å². The summed E-state index contributed by atoms with van der Waals surface area (Å²) in [4.78, 5) is 35.0. The van der Waals surface area contributed by atoms with Gasteiger partial charge in [0.25, 0.3) is 0 Å². The maximum absolute atomic E-state index is 12.6. The number of phosphoric ester groups is 1. The van der Waals surface area contributed by atoms with E-state index in [0.29, 0.717) is 6.42 Å². The highest BCUT2D eigenvalue weighted by molar-refractivity contribution is 7.47. The quantitative estimate of drug-likeness (QED) is 0.0265. The predicted molar refractivity (Wildman–Crippen MR) is 252 cm³/mol. The molecule has 2 atom stereocenters. The van der Waals surface area contributed by atoms with Gasteiger partial charge < -0.3 is 20.1 Å². The molecule has 2 unspecified atom stereocenters. The summed E-state index contributed by atoms with van der Waals surface area (Å²) in [7, 11) is -4.38. The summed E-state index contributed by atoms with van der Waals surface area (Å²) in [5.41, 5.74) is 5.36. The van der Waals surface area contributed by atoms with Crippen LogP contribution in [0.25, 0.3) is 0 Å². The second kappa shape index (κ2) is 46.2. The standard InChI is InChI=1S/C50H90NO8P/c1-3-5-7-9-11-13-15-17-19-20-21-22-23-24-25-26-27-28-29-31-33-35-37-39-41-43-50(53)59-48(47-58-60(54,55)57-45-44-51)46-56-49(52)42-40-38-36-34-32-30-18-16-14-12-10-8-6-4-2/h5,7,11,13,17,19,21-22,24-25,48H,3-4,6,8-10,12,14-16,18,20,23,26-47,51H2,1-2H3,(H,54,55)/b7-5-,13-11-,19-17-,22-21-,25-24-. The zero-order valence-electron chi connectivity index (χ0n) is 38.4. The topological polar surface area (TPSA) is 134 Å². The van der Waals surface area contributed by atoms with Gasteiger partial charge in [0, 0.05) is 19.4 Å². The van der Waals surface area contributed by atoms with Crippen LogP contribution in [-0.4, -0.2) is 49.3 Å². The van der Waals surface area contributed by atoms with E-state index < -0.39 is 26.5 Å². The van der Waals surface area contributed by atoms with Gasteiger partial charge in [-0.3, -0.25) is 18.6 Å². The fraction of sp³-hybridized carbons (Fsp3) is 0.760. The second-order valence-corrected chi connectivity index (χ2v) is 17.4. The number of hydrogen-bond donors (Lipinski definition) is 2. The minimum Gasteiger partial charge on any atom is -0.462 e. The first-order valence-corrected chi connectivity index (χ1v) is 25.8. The molecule has 0 aliphatic heterocycles. The third-order valence-electron chi connectivity index (χ3n) is 10.2. The molecule has 0 radical (unpaired) electrons.